The lowest BCUT2D eigenvalue weighted by atomic mass is 9.81. The molecule has 0 fully saturated rings. The summed E-state index contributed by atoms with van der Waals surface area (Å²) in [7, 11) is 0. The Labute approximate surface area is 103 Å². The van der Waals surface area contributed by atoms with Crippen LogP contribution in [-0.4, -0.2) is 11.1 Å². The third kappa shape index (κ3) is 2.82. The first kappa shape index (κ1) is 13.2. The van der Waals surface area contributed by atoms with E-state index in [2.05, 4.69) is 15.9 Å². The van der Waals surface area contributed by atoms with Crippen molar-refractivity contribution in [3.63, 3.8) is 0 Å². The van der Waals surface area contributed by atoms with Crippen LogP contribution in [0.1, 0.15) is 31.4 Å². The molecule has 1 aromatic rings. The molecule has 0 aliphatic heterocycles. The zero-order valence-electron chi connectivity index (χ0n) is 9.47. The highest BCUT2D eigenvalue weighted by Gasteiger charge is 2.25. The number of aliphatic carboxylic acids is 1. The molecule has 0 spiro atoms. The molecule has 0 aliphatic rings. The Morgan fingerprint density at radius 1 is 1.50 bits per heavy atom. The van der Waals surface area contributed by atoms with Crippen LogP contribution in [-0.2, 0) is 10.2 Å². The standard InChI is InChI=1S/C12H14BrFO2/c1-7-9(13)4-8(5-10(7)14)12(2,3)6-11(15)16/h4-5H,6H2,1-3H3,(H,15,16). The van der Waals surface area contributed by atoms with E-state index < -0.39 is 11.4 Å². The van der Waals surface area contributed by atoms with Crippen LogP contribution in [0.25, 0.3) is 0 Å². The molecule has 1 aromatic carbocycles. The average molecular weight is 289 g/mol. The van der Waals surface area contributed by atoms with E-state index in [1.165, 1.54) is 6.07 Å². The zero-order valence-corrected chi connectivity index (χ0v) is 11.1. The molecule has 0 radical (unpaired) electrons. The maximum Gasteiger partial charge on any atom is 0.304 e. The fraction of sp³-hybridized carbons (Fsp3) is 0.417. The van der Waals surface area contributed by atoms with E-state index in [-0.39, 0.29) is 12.2 Å². The topological polar surface area (TPSA) is 37.3 Å². The molecule has 0 bridgehead atoms. The third-order valence-electron chi connectivity index (χ3n) is 2.66. The molecule has 4 heteroatoms. The molecule has 0 aromatic heterocycles. The van der Waals surface area contributed by atoms with Gasteiger partial charge < -0.3 is 5.11 Å². The van der Waals surface area contributed by atoms with Gasteiger partial charge in [-0.15, -0.1) is 0 Å². The molecular formula is C12H14BrFO2. The van der Waals surface area contributed by atoms with Gasteiger partial charge in [-0.3, -0.25) is 4.79 Å². The molecule has 0 heterocycles. The Bertz CT molecular complexity index is 404. The SMILES string of the molecule is Cc1c(F)cc(C(C)(C)CC(=O)O)cc1Br. The first-order valence-electron chi connectivity index (χ1n) is 4.92. The molecule has 0 unspecified atom stereocenters. The second kappa shape index (κ2) is 4.53. The summed E-state index contributed by atoms with van der Waals surface area (Å²) >= 11 is 3.27. The summed E-state index contributed by atoms with van der Waals surface area (Å²) in [5, 5.41) is 8.80. The van der Waals surface area contributed by atoms with E-state index >= 15 is 0 Å². The predicted octanol–water partition coefficient (Wildman–Crippen LogP) is 3.65. The second-order valence-electron chi connectivity index (χ2n) is 4.52. The first-order valence-corrected chi connectivity index (χ1v) is 5.71. The van der Waals surface area contributed by atoms with Gasteiger partial charge in [-0.25, -0.2) is 4.39 Å². The quantitative estimate of drug-likeness (QED) is 0.922. The number of hydrogen-bond acceptors (Lipinski definition) is 1. The van der Waals surface area contributed by atoms with Crippen LogP contribution in [0.5, 0.6) is 0 Å². The van der Waals surface area contributed by atoms with E-state index in [1.807, 2.05) is 0 Å². The molecule has 2 nitrogen and oxygen atoms in total. The highest BCUT2D eigenvalue weighted by Crippen LogP contribution is 2.31. The molecule has 0 aliphatic carbocycles. The summed E-state index contributed by atoms with van der Waals surface area (Å²) in [5.41, 5.74) is 0.642. The van der Waals surface area contributed by atoms with Gasteiger partial charge in [-0.05, 0) is 30.2 Å². The maximum atomic E-state index is 13.5. The van der Waals surface area contributed by atoms with Gasteiger partial charge in [0.2, 0.25) is 0 Å². The smallest absolute Gasteiger partial charge is 0.304 e. The Morgan fingerprint density at radius 2 is 2.06 bits per heavy atom. The number of carbonyl (C=O) groups is 1. The number of carboxylic acids is 1. The van der Waals surface area contributed by atoms with Gasteiger partial charge in [0, 0.05) is 9.89 Å². The van der Waals surface area contributed by atoms with Crippen molar-refractivity contribution in [2.45, 2.75) is 32.6 Å². The zero-order chi connectivity index (χ0) is 12.5. The van der Waals surface area contributed by atoms with Crippen LogP contribution in [0.15, 0.2) is 16.6 Å². The van der Waals surface area contributed by atoms with Crippen LogP contribution in [0.2, 0.25) is 0 Å². The highest BCUT2D eigenvalue weighted by atomic mass is 79.9. The fourth-order valence-corrected chi connectivity index (χ4v) is 1.95. The summed E-state index contributed by atoms with van der Waals surface area (Å²) in [6.45, 7) is 5.25. The van der Waals surface area contributed by atoms with Crippen molar-refractivity contribution in [2.24, 2.45) is 0 Å². The van der Waals surface area contributed by atoms with Crippen molar-refractivity contribution >= 4 is 21.9 Å². The molecule has 1 rings (SSSR count). The predicted molar refractivity (Wildman–Crippen MR) is 64.1 cm³/mol. The Morgan fingerprint density at radius 3 is 2.50 bits per heavy atom. The largest absolute Gasteiger partial charge is 0.481 e. The number of benzene rings is 1. The van der Waals surface area contributed by atoms with Crippen molar-refractivity contribution in [3.8, 4) is 0 Å². The molecule has 0 saturated carbocycles. The van der Waals surface area contributed by atoms with E-state index in [1.54, 1.807) is 26.8 Å². The van der Waals surface area contributed by atoms with Gasteiger partial charge in [0.05, 0.1) is 6.42 Å². The minimum atomic E-state index is -0.887. The summed E-state index contributed by atoms with van der Waals surface area (Å²) in [5.74, 6) is -1.20. The highest BCUT2D eigenvalue weighted by molar-refractivity contribution is 9.10. The average Bonchev–Trinajstić information content (AvgIpc) is 2.11. The van der Waals surface area contributed by atoms with Crippen LogP contribution >= 0.6 is 15.9 Å². The van der Waals surface area contributed by atoms with Gasteiger partial charge in [0.15, 0.2) is 0 Å². The summed E-state index contributed by atoms with van der Waals surface area (Å²) in [6, 6.07) is 3.18. The molecule has 16 heavy (non-hydrogen) atoms. The van der Waals surface area contributed by atoms with Crippen LogP contribution in [0.3, 0.4) is 0 Å². The van der Waals surface area contributed by atoms with Gasteiger partial charge >= 0.3 is 5.97 Å². The van der Waals surface area contributed by atoms with Crippen LogP contribution in [0.4, 0.5) is 4.39 Å². The van der Waals surface area contributed by atoms with E-state index in [9.17, 15) is 9.18 Å². The molecule has 0 saturated heterocycles. The van der Waals surface area contributed by atoms with Crippen molar-refractivity contribution in [2.75, 3.05) is 0 Å². The maximum absolute atomic E-state index is 13.5. The van der Waals surface area contributed by atoms with E-state index in [0.717, 1.165) is 0 Å². The number of rotatable bonds is 3. The van der Waals surface area contributed by atoms with Crippen molar-refractivity contribution in [3.05, 3.63) is 33.5 Å². The van der Waals surface area contributed by atoms with Crippen LogP contribution < -0.4 is 0 Å². The van der Waals surface area contributed by atoms with E-state index in [4.69, 9.17) is 5.11 Å². The minimum Gasteiger partial charge on any atom is -0.481 e. The Kier molecular flexibility index (Phi) is 3.73. The van der Waals surface area contributed by atoms with E-state index in [0.29, 0.717) is 15.6 Å². The van der Waals surface area contributed by atoms with Crippen molar-refractivity contribution in [1.29, 1.82) is 0 Å². The number of carboxylic acid groups (broad SMARTS) is 1. The van der Waals surface area contributed by atoms with Gasteiger partial charge in [-0.2, -0.15) is 0 Å². The molecule has 0 amide bonds. The molecule has 0 atom stereocenters. The Balaban J connectivity index is 3.18. The first-order chi connectivity index (χ1) is 7.24. The lowest BCUT2D eigenvalue weighted by molar-refractivity contribution is -0.138. The van der Waals surface area contributed by atoms with Gasteiger partial charge in [-0.1, -0.05) is 29.8 Å². The second-order valence-corrected chi connectivity index (χ2v) is 5.37. The van der Waals surface area contributed by atoms with Crippen molar-refractivity contribution < 1.29 is 14.3 Å². The number of halogens is 2. The van der Waals surface area contributed by atoms with Crippen LogP contribution in [0, 0.1) is 12.7 Å². The Hall–Kier alpha value is -0.900. The number of hydrogen-bond donors (Lipinski definition) is 1. The normalized spacial score (nSPS) is 11.6. The summed E-state index contributed by atoms with van der Waals surface area (Å²) < 4.78 is 14.2. The van der Waals surface area contributed by atoms with Crippen molar-refractivity contribution in [1.82, 2.24) is 0 Å². The monoisotopic (exact) mass is 288 g/mol. The fourth-order valence-electron chi connectivity index (χ4n) is 1.52. The third-order valence-corrected chi connectivity index (χ3v) is 3.48. The van der Waals surface area contributed by atoms with Gasteiger partial charge in [0.1, 0.15) is 5.82 Å². The van der Waals surface area contributed by atoms with Gasteiger partial charge in [0.25, 0.3) is 0 Å². The molecule has 1 N–H and O–H groups in total. The summed E-state index contributed by atoms with van der Waals surface area (Å²) in [4.78, 5) is 10.7. The molecular weight excluding hydrogens is 275 g/mol. The summed E-state index contributed by atoms with van der Waals surface area (Å²) in [6.07, 6.45) is -0.0259. The minimum absolute atomic E-state index is 0.0259. The lowest BCUT2D eigenvalue weighted by Gasteiger charge is -2.24. The molecule has 88 valence electrons. The lowest BCUT2D eigenvalue weighted by Crippen LogP contribution is -2.22.